The van der Waals surface area contributed by atoms with Crippen LogP contribution in [0.3, 0.4) is 0 Å². The number of primary amides is 2. The topological polar surface area (TPSA) is 86.2 Å². The van der Waals surface area contributed by atoms with Crippen molar-refractivity contribution in [3.05, 3.63) is 59.2 Å². The maximum Gasteiger partial charge on any atom is 0.249 e. The molecule has 0 aliphatic rings. The molecule has 0 heterocycles. The molecule has 6 heteroatoms. The molecule has 4 N–H and O–H groups in total. The largest absolute Gasteiger partial charge is 0.366 e. The Morgan fingerprint density at radius 2 is 1.45 bits per heavy atom. The summed E-state index contributed by atoms with van der Waals surface area (Å²) >= 11 is 0. The van der Waals surface area contributed by atoms with Crippen molar-refractivity contribution in [1.29, 1.82) is 0 Å². The van der Waals surface area contributed by atoms with E-state index < -0.39 is 23.4 Å². The molecular formula is C14H10F2N2O2. The molecule has 0 radical (unpaired) electrons. The minimum absolute atomic E-state index is 0.0193. The number of hydrogen-bond donors (Lipinski definition) is 2. The molecule has 4 nitrogen and oxygen atoms in total. The lowest BCUT2D eigenvalue weighted by molar-refractivity contribution is 0.0990. The molecule has 0 unspecified atom stereocenters. The van der Waals surface area contributed by atoms with E-state index in [9.17, 15) is 18.4 Å². The Morgan fingerprint density at radius 3 is 2.05 bits per heavy atom. The van der Waals surface area contributed by atoms with Gasteiger partial charge in [0.2, 0.25) is 11.8 Å². The van der Waals surface area contributed by atoms with Crippen molar-refractivity contribution in [3.8, 4) is 11.1 Å². The third kappa shape index (κ3) is 2.23. The van der Waals surface area contributed by atoms with Crippen molar-refractivity contribution in [3.63, 3.8) is 0 Å². The number of benzene rings is 2. The lowest BCUT2D eigenvalue weighted by Gasteiger charge is -2.12. The van der Waals surface area contributed by atoms with Crippen molar-refractivity contribution in [2.75, 3.05) is 0 Å². The molecule has 2 rings (SSSR count). The van der Waals surface area contributed by atoms with Gasteiger partial charge in [-0.1, -0.05) is 18.2 Å². The van der Waals surface area contributed by atoms with Gasteiger partial charge in [0.15, 0.2) is 11.6 Å². The highest BCUT2D eigenvalue weighted by Crippen LogP contribution is 2.31. The molecule has 0 saturated carbocycles. The summed E-state index contributed by atoms with van der Waals surface area (Å²) in [4.78, 5) is 22.7. The molecule has 102 valence electrons. The zero-order chi connectivity index (χ0) is 14.9. The summed E-state index contributed by atoms with van der Waals surface area (Å²) in [6.07, 6.45) is 0. The average Bonchev–Trinajstić information content (AvgIpc) is 2.41. The Morgan fingerprint density at radius 1 is 0.850 bits per heavy atom. The van der Waals surface area contributed by atoms with Gasteiger partial charge in [-0.2, -0.15) is 0 Å². The Bertz CT molecular complexity index is 714. The summed E-state index contributed by atoms with van der Waals surface area (Å²) in [6.45, 7) is 0. The smallest absolute Gasteiger partial charge is 0.249 e. The van der Waals surface area contributed by atoms with Crippen LogP contribution >= 0.6 is 0 Å². The fourth-order valence-corrected chi connectivity index (χ4v) is 1.94. The van der Waals surface area contributed by atoms with Gasteiger partial charge in [0.25, 0.3) is 0 Å². The predicted molar refractivity (Wildman–Crippen MR) is 68.8 cm³/mol. The molecule has 0 atom stereocenters. The number of rotatable bonds is 3. The summed E-state index contributed by atoms with van der Waals surface area (Å²) in [5, 5.41) is 0. The van der Waals surface area contributed by atoms with Crippen LogP contribution in [0.2, 0.25) is 0 Å². The normalized spacial score (nSPS) is 10.3. The number of hydrogen-bond acceptors (Lipinski definition) is 2. The van der Waals surface area contributed by atoms with Gasteiger partial charge in [-0.25, -0.2) is 8.78 Å². The van der Waals surface area contributed by atoms with Crippen LogP contribution in [0.25, 0.3) is 11.1 Å². The number of carbonyl (C=O) groups is 2. The second-order valence-corrected chi connectivity index (χ2v) is 4.06. The zero-order valence-electron chi connectivity index (χ0n) is 10.2. The van der Waals surface area contributed by atoms with Crippen LogP contribution in [0.5, 0.6) is 0 Å². The van der Waals surface area contributed by atoms with Crippen LogP contribution in [-0.2, 0) is 0 Å². The molecule has 2 aromatic carbocycles. The summed E-state index contributed by atoms with van der Waals surface area (Å²) in [5.74, 6) is -4.16. The molecule has 0 aliphatic heterocycles. The minimum Gasteiger partial charge on any atom is -0.366 e. The highest BCUT2D eigenvalue weighted by molar-refractivity contribution is 6.05. The van der Waals surface area contributed by atoms with Gasteiger partial charge >= 0.3 is 0 Å². The van der Waals surface area contributed by atoms with Gasteiger partial charge in [0.1, 0.15) is 0 Å². The van der Waals surface area contributed by atoms with E-state index in [0.29, 0.717) is 0 Å². The lowest BCUT2D eigenvalue weighted by atomic mass is 9.94. The van der Waals surface area contributed by atoms with Gasteiger partial charge in [-0.15, -0.1) is 0 Å². The van der Waals surface area contributed by atoms with E-state index in [1.165, 1.54) is 24.3 Å². The second kappa shape index (κ2) is 5.08. The highest BCUT2D eigenvalue weighted by atomic mass is 19.2. The summed E-state index contributed by atoms with van der Waals surface area (Å²) < 4.78 is 27.4. The maximum absolute atomic E-state index is 14.0. The number of nitrogens with two attached hydrogens (primary N) is 2. The first-order valence-electron chi connectivity index (χ1n) is 5.60. The first-order valence-corrected chi connectivity index (χ1v) is 5.60. The predicted octanol–water partition coefficient (Wildman–Crippen LogP) is 1.83. The Labute approximate surface area is 113 Å². The van der Waals surface area contributed by atoms with Crippen LogP contribution in [-0.4, -0.2) is 11.8 Å². The van der Waals surface area contributed by atoms with Crippen molar-refractivity contribution in [2.24, 2.45) is 11.5 Å². The minimum atomic E-state index is -1.25. The van der Waals surface area contributed by atoms with E-state index in [0.717, 1.165) is 12.1 Å². The third-order valence-corrected chi connectivity index (χ3v) is 2.82. The quantitative estimate of drug-likeness (QED) is 0.896. The van der Waals surface area contributed by atoms with Gasteiger partial charge in [-0.05, 0) is 23.8 Å². The van der Waals surface area contributed by atoms with Crippen LogP contribution in [0.1, 0.15) is 20.7 Å². The van der Waals surface area contributed by atoms with Crippen molar-refractivity contribution >= 4 is 11.8 Å². The molecule has 2 amide bonds. The van der Waals surface area contributed by atoms with E-state index in [1.807, 2.05) is 0 Å². The lowest BCUT2D eigenvalue weighted by Crippen LogP contribution is -2.16. The van der Waals surface area contributed by atoms with Crippen molar-refractivity contribution in [2.45, 2.75) is 0 Å². The standard InChI is InChI=1S/C14H10F2N2O2/c15-10-6-5-9(14(18)20)11(12(10)16)7-3-1-2-4-8(7)13(17)19/h1-6H,(H2,17,19)(H2,18,20). The highest BCUT2D eigenvalue weighted by Gasteiger charge is 2.21. The molecule has 20 heavy (non-hydrogen) atoms. The number of carbonyl (C=O) groups excluding carboxylic acids is 2. The fourth-order valence-electron chi connectivity index (χ4n) is 1.94. The van der Waals surface area contributed by atoms with Gasteiger partial charge < -0.3 is 11.5 Å². The van der Waals surface area contributed by atoms with E-state index in [-0.39, 0.29) is 22.3 Å². The first kappa shape index (κ1) is 13.7. The summed E-state index contributed by atoms with van der Waals surface area (Å²) in [7, 11) is 0. The Balaban J connectivity index is 2.85. The zero-order valence-corrected chi connectivity index (χ0v) is 10.2. The molecule has 0 aliphatic carbocycles. The molecule has 0 fully saturated rings. The van der Waals surface area contributed by atoms with E-state index in [4.69, 9.17) is 11.5 Å². The Kier molecular flexibility index (Phi) is 3.47. The van der Waals surface area contributed by atoms with Crippen LogP contribution in [0.4, 0.5) is 8.78 Å². The van der Waals surface area contributed by atoms with Crippen LogP contribution < -0.4 is 11.5 Å². The Hall–Kier alpha value is -2.76. The van der Waals surface area contributed by atoms with Crippen LogP contribution in [0, 0.1) is 11.6 Å². The van der Waals surface area contributed by atoms with Gasteiger partial charge in [0.05, 0.1) is 5.56 Å². The molecular weight excluding hydrogens is 266 g/mol. The monoisotopic (exact) mass is 276 g/mol. The first-order chi connectivity index (χ1) is 9.43. The fraction of sp³-hybridized carbons (Fsp3) is 0. The van der Waals surface area contributed by atoms with Crippen LogP contribution in [0.15, 0.2) is 36.4 Å². The third-order valence-electron chi connectivity index (χ3n) is 2.82. The van der Waals surface area contributed by atoms with Gasteiger partial charge in [0, 0.05) is 11.1 Å². The second-order valence-electron chi connectivity index (χ2n) is 4.06. The summed E-state index contributed by atoms with van der Waals surface area (Å²) in [6, 6.07) is 7.61. The summed E-state index contributed by atoms with van der Waals surface area (Å²) in [5.41, 5.74) is 9.75. The van der Waals surface area contributed by atoms with Crippen molar-refractivity contribution < 1.29 is 18.4 Å². The molecule has 0 saturated heterocycles. The molecule has 2 aromatic rings. The molecule has 0 aromatic heterocycles. The van der Waals surface area contributed by atoms with Crippen molar-refractivity contribution in [1.82, 2.24) is 0 Å². The van der Waals surface area contributed by atoms with E-state index >= 15 is 0 Å². The SMILES string of the molecule is NC(=O)c1ccccc1-c1c(C(N)=O)ccc(F)c1F. The number of amides is 2. The molecule has 0 spiro atoms. The van der Waals surface area contributed by atoms with Gasteiger partial charge in [-0.3, -0.25) is 9.59 Å². The average molecular weight is 276 g/mol. The van der Waals surface area contributed by atoms with E-state index in [2.05, 4.69) is 0 Å². The number of halogens is 2. The maximum atomic E-state index is 14.0. The molecule has 0 bridgehead atoms. The van der Waals surface area contributed by atoms with E-state index in [1.54, 1.807) is 0 Å².